The molecule has 14 heavy (non-hydrogen) atoms. The Kier molecular flexibility index (Phi) is 4.15. The van der Waals surface area contributed by atoms with Gasteiger partial charge >= 0.3 is 30.8 Å². The molecule has 0 aromatic carbocycles. The van der Waals surface area contributed by atoms with Crippen LogP contribution in [0.1, 0.15) is 22.3 Å². The summed E-state index contributed by atoms with van der Waals surface area (Å²) in [6, 6.07) is 0.954. The Bertz CT molecular complexity index is 430. The number of nitrogens with one attached hydrogen (secondary N) is 1. The van der Waals surface area contributed by atoms with E-state index in [2.05, 4.69) is 4.98 Å². The number of aromatic amines is 1. The van der Waals surface area contributed by atoms with Crippen molar-refractivity contribution in [2.45, 2.75) is 0 Å². The van der Waals surface area contributed by atoms with Gasteiger partial charge in [0.05, 0.1) is 0 Å². The van der Waals surface area contributed by atoms with Gasteiger partial charge in [-0.1, -0.05) is 0 Å². The second kappa shape index (κ2) is 4.65. The predicted octanol–water partition coefficient (Wildman–Crippen LogP) is -3.11. The molecular weight excluding hydrogens is 185 g/mol. The number of rotatable bonds is 2. The van der Waals surface area contributed by atoms with Crippen molar-refractivity contribution in [3.63, 3.8) is 0 Å². The van der Waals surface area contributed by atoms with E-state index in [0.717, 1.165) is 12.3 Å². The molecule has 1 heterocycles. The van der Waals surface area contributed by atoms with E-state index in [9.17, 15) is 14.4 Å². The van der Waals surface area contributed by atoms with Gasteiger partial charge in [-0.05, 0) is 0 Å². The first-order chi connectivity index (χ1) is 6.04. The molecule has 0 amide bonds. The zero-order valence-electron chi connectivity index (χ0n) is 8.27. The summed E-state index contributed by atoms with van der Waals surface area (Å²) in [6.07, 6.45) is 1.08. The van der Waals surface area contributed by atoms with Gasteiger partial charge < -0.3 is 16.6 Å². The van der Waals surface area contributed by atoms with Crippen LogP contribution in [0, 0.1) is 0 Å². The van der Waals surface area contributed by atoms with E-state index in [1.165, 1.54) is 0 Å². The van der Waals surface area contributed by atoms with Gasteiger partial charge in [0.2, 0.25) is 0 Å². The SMILES string of the molecule is O=C(O)c1[nH]ccc(=O)c1C(=O)O.[H-].[Li+]. The molecule has 0 bridgehead atoms. The molecule has 0 aliphatic carbocycles. The van der Waals surface area contributed by atoms with Gasteiger partial charge in [0.1, 0.15) is 11.3 Å². The van der Waals surface area contributed by atoms with Gasteiger partial charge in [0, 0.05) is 12.3 Å². The summed E-state index contributed by atoms with van der Waals surface area (Å²) >= 11 is 0. The number of hydrogen-bond donors (Lipinski definition) is 3. The van der Waals surface area contributed by atoms with Crippen molar-refractivity contribution in [3.8, 4) is 0 Å². The molecule has 0 radical (unpaired) electrons. The molecule has 70 valence electrons. The average Bonchev–Trinajstić information content (AvgIpc) is 2.02. The molecule has 0 spiro atoms. The van der Waals surface area contributed by atoms with Crippen LogP contribution >= 0.6 is 0 Å². The van der Waals surface area contributed by atoms with Gasteiger partial charge in [-0.3, -0.25) is 4.79 Å². The molecule has 3 N–H and O–H groups in total. The monoisotopic (exact) mass is 191 g/mol. The maximum absolute atomic E-state index is 10.9. The third-order valence-corrected chi connectivity index (χ3v) is 1.39. The molecule has 1 aromatic heterocycles. The quantitative estimate of drug-likeness (QED) is 0.429. The molecule has 7 heteroatoms. The number of H-pyrrole nitrogens is 1. The van der Waals surface area contributed by atoms with Crippen molar-refractivity contribution in [2.75, 3.05) is 0 Å². The fourth-order valence-corrected chi connectivity index (χ4v) is 0.860. The Morgan fingerprint density at radius 2 is 1.86 bits per heavy atom. The Morgan fingerprint density at radius 3 is 2.21 bits per heavy atom. The maximum Gasteiger partial charge on any atom is 1.00 e. The molecule has 1 aromatic rings. The van der Waals surface area contributed by atoms with Gasteiger partial charge in [0.15, 0.2) is 5.43 Å². The zero-order chi connectivity index (χ0) is 10.0. The molecule has 1 rings (SSSR count). The number of hydrogen-bond acceptors (Lipinski definition) is 3. The molecule has 6 nitrogen and oxygen atoms in total. The minimum absolute atomic E-state index is 0. The van der Waals surface area contributed by atoms with Crippen LogP contribution in [-0.4, -0.2) is 27.1 Å². The first-order valence-electron chi connectivity index (χ1n) is 3.22. The maximum atomic E-state index is 10.9. The predicted molar refractivity (Wildman–Crippen MR) is 42.1 cm³/mol. The normalized spacial score (nSPS) is 8.86. The third-order valence-electron chi connectivity index (χ3n) is 1.39. The second-order valence-corrected chi connectivity index (χ2v) is 2.20. The summed E-state index contributed by atoms with van der Waals surface area (Å²) in [7, 11) is 0. The average molecular weight is 191 g/mol. The van der Waals surface area contributed by atoms with Crippen LogP contribution < -0.4 is 24.3 Å². The van der Waals surface area contributed by atoms with Crippen LogP contribution in [0.25, 0.3) is 0 Å². The second-order valence-electron chi connectivity index (χ2n) is 2.20. The van der Waals surface area contributed by atoms with Gasteiger partial charge in [0.25, 0.3) is 0 Å². The summed E-state index contributed by atoms with van der Waals surface area (Å²) in [5.74, 6) is -3.03. The summed E-state index contributed by atoms with van der Waals surface area (Å²) < 4.78 is 0. The van der Waals surface area contributed by atoms with Crippen LogP contribution in [0.4, 0.5) is 0 Å². The summed E-state index contributed by atoms with van der Waals surface area (Å²) in [5, 5.41) is 17.0. The van der Waals surface area contributed by atoms with Crippen molar-refractivity contribution < 1.29 is 40.1 Å². The molecule has 0 saturated carbocycles. The Labute approximate surface area is 91.2 Å². The van der Waals surface area contributed by atoms with Crippen molar-refractivity contribution in [3.05, 3.63) is 33.7 Å². The number of pyridine rings is 1. The van der Waals surface area contributed by atoms with E-state index >= 15 is 0 Å². The summed E-state index contributed by atoms with van der Waals surface area (Å²) in [5.41, 5.74) is -2.20. The summed E-state index contributed by atoms with van der Waals surface area (Å²) in [6.45, 7) is 0. The van der Waals surface area contributed by atoms with Crippen molar-refractivity contribution >= 4 is 11.9 Å². The minimum atomic E-state index is -1.56. The Morgan fingerprint density at radius 1 is 1.29 bits per heavy atom. The smallest absolute Gasteiger partial charge is 1.00 e. The van der Waals surface area contributed by atoms with Gasteiger partial charge in [-0.25, -0.2) is 9.59 Å². The summed E-state index contributed by atoms with van der Waals surface area (Å²) in [4.78, 5) is 34.0. The molecule has 0 aliphatic rings. The standard InChI is InChI=1S/C7H5NO5.Li.H/c9-3-1-2-8-5(7(12)13)4(3)6(10)11;;/h1-2H,(H,8,9)(H,10,11)(H,12,13);;/q;+1;-1. The van der Waals surface area contributed by atoms with E-state index in [4.69, 9.17) is 10.2 Å². The largest absolute Gasteiger partial charge is 1.00 e. The number of carboxylic acid groups (broad SMARTS) is 2. The molecular formula is C7H6LiNO5. The van der Waals surface area contributed by atoms with Crippen LogP contribution in [0.15, 0.2) is 17.1 Å². The number of carboxylic acids is 2. The topological polar surface area (TPSA) is 107 Å². The van der Waals surface area contributed by atoms with Crippen LogP contribution in [0.5, 0.6) is 0 Å². The molecule has 0 atom stereocenters. The van der Waals surface area contributed by atoms with E-state index in [-0.39, 0.29) is 20.3 Å². The molecule has 0 fully saturated rings. The number of aromatic carboxylic acids is 2. The number of carbonyl (C=O) groups is 2. The fourth-order valence-electron chi connectivity index (χ4n) is 0.860. The molecule has 0 unspecified atom stereocenters. The van der Waals surface area contributed by atoms with Crippen LogP contribution in [0.2, 0.25) is 0 Å². The van der Waals surface area contributed by atoms with E-state index in [1.54, 1.807) is 0 Å². The van der Waals surface area contributed by atoms with E-state index < -0.39 is 28.6 Å². The van der Waals surface area contributed by atoms with Gasteiger partial charge in [-0.2, -0.15) is 0 Å². The molecule has 0 aliphatic heterocycles. The molecule has 0 saturated heterocycles. The number of aromatic nitrogens is 1. The van der Waals surface area contributed by atoms with E-state index in [0.29, 0.717) is 0 Å². The van der Waals surface area contributed by atoms with Crippen molar-refractivity contribution in [2.24, 2.45) is 0 Å². The first kappa shape index (κ1) is 12.5. The van der Waals surface area contributed by atoms with Gasteiger partial charge in [-0.15, -0.1) is 0 Å². The van der Waals surface area contributed by atoms with Crippen LogP contribution in [-0.2, 0) is 0 Å². The zero-order valence-corrected chi connectivity index (χ0v) is 7.27. The first-order valence-corrected chi connectivity index (χ1v) is 3.22. The third kappa shape index (κ3) is 2.25. The Balaban J connectivity index is 0. The van der Waals surface area contributed by atoms with E-state index in [1.807, 2.05) is 0 Å². The van der Waals surface area contributed by atoms with Crippen molar-refractivity contribution in [1.29, 1.82) is 0 Å². The minimum Gasteiger partial charge on any atom is -1.00 e. The van der Waals surface area contributed by atoms with Crippen LogP contribution in [0.3, 0.4) is 0 Å². The van der Waals surface area contributed by atoms with Crippen molar-refractivity contribution in [1.82, 2.24) is 4.98 Å². The Hall–Kier alpha value is -1.51. The fraction of sp³-hybridized carbons (Fsp3) is 0.